The number of hydrogen-bond donors (Lipinski definition) is 1. The maximum absolute atomic E-state index is 13.1. The highest BCUT2D eigenvalue weighted by molar-refractivity contribution is 6.30. The minimum atomic E-state index is -0.238. The van der Waals surface area contributed by atoms with Gasteiger partial charge in [-0.2, -0.15) is 0 Å². The lowest BCUT2D eigenvalue weighted by Crippen LogP contribution is -2.28. The lowest BCUT2D eigenvalue weighted by atomic mass is 9.92. The van der Waals surface area contributed by atoms with Crippen molar-refractivity contribution < 1.29 is 4.39 Å². The van der Waals surface area contributed by atoms with E-state index in [0.717, 1.165) is 31.5 Å². The van der Waals surface area contributed by atoms with E-state index in [1.165, 1.54) is 6.07 Å². The Morgan fingerprint density at radius 1 is 1.36 bits per heavy atom. The molecule has 0 unspecified atom stereocenters. The Morgan fingerprint density at radius 3 is 2.86 bits per heavy atom. The predicted octanol–water partition coefficient (Wildman–Crippen LogP) is 2.95. The summed E-state index contributed by atoms with van der Waals surface area (Å²) in [4.78, 5) is 0. The van der Waals surface area contributed by atoms with Crippen LogP contribution >= 0.6 is 11.6 Å². The second-order valence-corrected chi connectivity index (χ2v) is 4.18. The Labute approximate surface area is 88.3 Å². The van der Waals surface area contributed by atoms with Crippen LogP contribution in [0.5, 0.6) is 0 Å². The van der Waals surface area contributed by atoms with E-state index < -0.39 is 0 Å². The first-order chi connectivity index (χ1) is 6.75. The van der Waals surface area contributed by atoms with Crippen molar-refractivity contribution in [2.24, 2.45) is 0 Å². The van der Waals surface area contributed by atoms with Gasteiger partial charge in [-0.05, 0) is 49.1 Å². The van der Waals surface area contributed by atoms with E-state index in [0.29, 0.717) is 10.9 Å². The van der Waals surface area contributed by atoms with Crippen LogP contribution in [0.25, 0.3) is 0 Å². The highest BCUT2D eigenvalue weighted by atomic mass is 35.5. The van der Waals surface area contributed by atoms with Gasteiger partial charge in [0.2, 0.25) is 0 Å². The Hall–Kier alpha value is -0.600. The van der Waals surface area contributed by atoms with Gasteiger partial charge in [0.15, 0.2) is 0 Å². The van der Waals surface area contributed by atoms with Crippen LogP contribution in [0.15, 0.2) is 18.2 Å². The van der Waals surface area contributed by atoms with E-state index in [1.807, 2.05) is 6.07 Å². The Kier molecular flexibility index (Phi) is 3.04. The molecule has 14 heavy (non-hydrogen) atoms. The molecule has 1 heterocycles. The third-order valence-corrected chi connectivity index (χ3v) is 2.87. The van der Waals surface area contributed by atoms with Crippen molar-refractivity contribution in [1.29, 1.82) is 0 Å². The van der Waals surface area contributed by atoms with E-state index in [2.05, 4.69) is 5.32 Å². The van der Waals surface area contributed by atoms with Crippen molar-refractivity contribution in [2.45, 2.75) is 18.8 Å². The molecule has 1 nitrogen and oxygen atoms in total. The molecule has 0 saturated carbocycles. The van der Waals surface area contributed by atoms with Crippen LogP contribution in [0.2, 0.25) is 5.02 Å². The van der Waals surface area contributed by atoms with Gasteiger partial charge >= 0.3 is 0 Å². The molecule has 0 spiro atoms. The minimum Gasteiger partial charge on any atom is -0.316 e. The van der Waals surface area contributed by atoms with Gasteiger partial charge in [0.1, 0.15) is 5.82 Å². The molecule has 1 saturated heterocycles. The fourth-order valence-corrected chi connectivity index (χ4v) is 2.18. The summed E-state index contributed by atoms with van der Waals surface area (Å²) in [5.41, 5.74) is 1.02. The molecule has 0 bridgehead atoms. The Morgan fingerprint density at radius 2 is 2.21 bits per heavy atom. The summed E-state index contributed by atoms with van der Waals surface area (Å²) in [5, 5.41) is 3.80. The molecule has 1 fully saturated rings. The van der Waals surface area contributed by atoms with E-state index in [4.69, 9.17) is 11.6 Å². The average Bonchev–Trinajstić information content (AvgIpc) is 2.18. The summed E-state index contributed by atoms with van der Waals surface area (Å²) in [6.45, 7) is 2.00. The molecule has 1 aliphatic rings. The van der Waals surface area contributed by atoms with E-state index in [9.17, 15) is 4.39 Å². The summed E-state index contributed by atoms with van der Waals surface area (Å²) in [7, 11) is 0. The van der Waals surface area contributed by atoms with E-state index in [1.54, 1.807) is 6.07 Å². The van der Waals surface area contributed by atoms with Crippen molar-refractivity contribution in [3.63, 3.8) is 0 Å². The van der Waals surface area contributed by atoms with Crippen LogP contribution in [-0.4, -0.2) is 13.1 Å². The lowest BCUT2D eigenvalue weighted by molar-refractivity contribution is 0.460. The lowest BCUT2D eigenvalue weighted by Gasteiger charge is -2.23. The first-order valence-corrected chi connectivity index (χ1v) is 5.30. The van der Waals surface area contributed by atoms with Crippen molar-refractivity contribution in [2.75, 3.05) is 13.1 Å². The molecule has 1 aromatic rings. The second-order valence-electron chi connectivity index (χ2n) is 3.75. The third kappa shape index (κ3) is 2.25. The summed E-state index contributed by atoms with van der Waals surface area (Å²) in [5.74, 6) is 0.176. The van der Waals surface area contributed by atoms with Gasteiger partial charge in [0.05, 0.1) is 0 Å². The Bertz CT molecular complexity index is 301. The van der Waals surface area contributed by atoms with Gasteiger partial charge in [-0.3, -0.25) is 0 Å². The van der Waals surface area contributed by atoms with Crippen molar-refractivity contribution in [3.8, 4) is 0 Å². The van der Waals surface area contributed by atoms with Gasteiger partial charge < -0.3 is 5.32 Å². The topological polar surface area (TPSA) is 12.0 Å². The van der Waals surface area contributed by atoms with Gasteiger partial charge in [-0.1, -0.05) is 11.6 Å². The molecule has 0 amide bonds. The molecule has 0 radical (unpaired) electrons. The summed E-state index contributed by atoms with van der Waals surface area (Å²) in [6.07, 6.45) is 2.27. The summed E-state index contributed by atoms with van der Waals surface area (Å²) >= 11 is 5.81. The quantitative estimate of drug-likeness (QED) is 0.757. The second kappa shape index (κ2) is 4.28. The molecule has 1 aromatic carbocycles. The number of rotatable bonds is 1. The van der Waals surface area contributed by atoms with Crippen LogP contribution in [0, 0.1) is 5.82 Å². The van der Waals surface area contributed by atoms with E-state index in [-0.39, 0.29) is 5.82 Å². The number of benzene rings is 1. The number of hydrogen-bond acceptors (Lipinski definition) is 1. The maximum Gasteiger partial charge on any atom is 0.124 e. The van der Waals surface area contributed by atoms with Gasteiger partial charge in [0, 0.05) is 11.6 Å². The summed E-state index contributed by atoms with van der Waals surface area (Å²) < 4.78 is 13.1. The largest absolute Gasteiger partial charge is 0.316 e. The fourth-order valence-electron chi connectivity index (χ4n) is 1.95. The van der Waals surface area contributed by atoms with Crippen LogP contribution < -0.4 is 5.32 Å². The summed E-state index contributed by atoms with van der Waals surface area (Å²) in [6, 6.07) is 4.80. The molecule has 76 valence electrons. The Balaban J connectivity index is 2.21. The van der Waals surface area contributed by atoms with Crippen LogP contribution in [0.3, 0.4) is 0 Å². The zero-order valence-corrected chi connectivity index (χ0v) is 8.65. The van der Waals surface area contributed by atoms with Crippen molar-refractivity contribution >= 4 is 11.6 Å². The minimum absolute atomic E-state index is 0.238. The monoisotopic (exact) mass is 213 g/mol. The molecular weight excluding hydrogens is 201 g/mol. The van der Waals surface area contributed by atoms with Gasteiger partial charge in [-0.25, -0.2) is 4.39 Å². The van der Waals surface area contributed by atoms with Crippen molar-refractivity contribution in [3.05, 3.63) is 34.6 Å². The molecule has 0 aliphatic carbocycles. The standard InChI is InChI=1S/C11H13ClFN/c12-10-4-9(5-11(13)6-10)8-2-1-3-14-7-8/h4-6,8,14H,1-3,7H2/t8-/m0/s1. The van der Waals surface area contributed by atoms with Crippen LogP contribution in [0.1, 0.15) is 24.3 Å². The average molecular weight is 214 g/mol. The molecular formula is C11H13ClFN. The van der Waals surface area contributed by atoms with E-state index >= 15 is 0 Å². The smallest absolute Gasteiger partial charge is 0.124 e. The van der Waals surface area contributed by atoms with Gasteiger partial charge in [0.25, 0.3) is 0 Å². The van der Waals surface area contributed by atoms with Crippen molar-refractivity contribution in [1.82, 2.24) is 5.32 Å². The maximum atomic E-state index is 13.1. The highest BCUT2D eigenvalue weighted by Gasteiger charge is 2.15. The molecule has 2 rings (SSSR count). The number of piperidine rings is 1. The van der Waals surface area contributed by atoms with Crippen LogP contribution in [0.4, 0.5) is 4.39 Å². The zero-order valence-electron chi connectivity index (χ0n) is 7.89. The molecule has 1 N–H and O–H groups in total. The number of nitrogens with one attached hydrogen (secondary N) is 1. The molecule has 1 aliphatic heterocycles. The first-order valence-electron chi connectivity index (χ1n) is 4.92. The normalized spacial score (nSPS) is 22.3. The van der Waals surface area contributed by atoms with Crippen LogP contribution in [-0.2, 0) is 0 Å². The predicted molar refractivity (Wildman–Crippen MR) is 56.3 cm³/mol. The molecule has 0 aromatic heterocycles. The highest BCUT2D eigenvalue weighted by Crippen LogP contribution is 2.26. The third-order valence-electron chi connectivity index (χ3n) is 2.65. The molecule has 3 heteroatoms. The SMILES string of the molecule is Fc1cc(Cl)cc([C@H]2CCCNC2)c1. The zero-order chi connectivity index (χ0) is 9.97. The molecule has 1 atom stereocenters. The number of halogens is 2. The fraction of sp³-hybridized carbons (Fsp3) is 0.455. The first kappa shape index (κ1) is 9.94. The van der Waals surface area contributed by atoms with Gasteiger partial charge in [-0.15, -0.1) is 0 Å².